The van der Waals surface area contributed by atoms with Gasteiger partial charge in [0.05, 0.1) is 44.0 Å². The van der Waals surface area contributed by atoms with Gasteiger partial charge in [-0.25, -0.2) is 4.79 Å². The number of nitriles is 1. The molecule has 1 amide bonds. The molecule has 2 rings (SSSR count). The van der Waals surface area contributed by atoms with E-state index in [4.69, 9.17) is 15.1 Å². The van der Waals surface area contributed by atoms with Gasteiger partial charge in [0.15, 0.2) is 0 Å². The molecule has 0 radical (unpaired) electrons. The highest BCUT2D eigenvalue weighted by Gasteiger charge is 2.44. The minimum Gasteiger partial charge on any atom is -0.469 e. The summed E-state index contributed by atoms with van der Waals surface area (Å²) in [6.45, 7) is 0.855. The maximum atomic E-state index is 11.4. The number of carbonyl (C=O) groups excluding carboxylic acids is 1. The molecular formula is C15H17N3O5. The lowest BCUT2D eigenvalue weighted by Crippen LogP contribution is -2.23. The number of nitrogens with zero attached hydrogens (tertiary/aromatic N) is 1. The van der Waals surface area contributed by atoms with Gasteiger partial charge in [0.25, 0.3) is 0 Å². The first-order valence-electron chi connectivity index (χ1n) is 6.92. The van der Waals surface area contributed by atoms with Gasteiger partial charge in [-0.1, -0.05) is 6.07 Å². The van der Waals surface area contributed by atoms with Crippen molar-refractivity contribution in [2.45, 2.75) is 18.4 Å². The Bertz CT molecular complexity index is 649. The van der Waals surface area contributed by atoms with Crippen LogP contribution in [0.5, 0.6) is 0 Å². The SMILES string of the molecule is COC(=O)Cc1ccc(NC(=O)O)c(NCC2(CC#N)CO2)c1. The Morgan fingerprint density at radius 3 is 2.78 bits per heavy atom. The zero-order chi connectivity index (χ0) is 16.9. The number of anilines is 2. The molecule has 1 fully saturated rings. The Morgan fingerprint density at radius 1 is 1.48 bits per heavy atom. The molecule has 0 saturated carbocycles. The second-order valence-corrected chi connectivity index (χ2v) is 5.22. The largest absolute Gasteiger partial charge is 0.469 e. The van der Waals surface area contributed by atoms with Crippen LogP contribution in [0, 0.1) is 11.3 Å². The Balaban J connectivity index is 2.15. The van der Waals surface area contributed by atoms with Crippen LogP contribution in [0.25, 0.3) is 0 Å². The van der Waals surface area contributed by atoms with Crippen molar-refractivity contribution >= 4 is 23.4 Å². The predicted molar refractivity (Wildman–Crippen MR) is 81.2 cm³/mol. The van der Waals surface area contributed by atoms with E-state index in [1.54, 1.807) is 18.2 Å². The van der Waals surface area contributed by atoms with E-state index in [-0.39, 0.29) is 18.8 Å². The molecule has 1 atom stereocenters. The standard InChI is InChI=1S/C15H17N3O5/c1-22-13(19)7-10-2-3-11(18-14(20)21)12(6-10)17-8-15(4-5-16)9-23-15/h2-3,6,17-18H,4,7-9H2,1H3,(H,20,21). The van der Waals surface area contributed by atoms with Crippen LogP contribution in [-0.2, 0) is 20.7 Å². The quantitative estimate of drug-likeness (QED) is 0.515. The number of carboxylic acid groups (broad SMARTS) is 1. The summed E-state index contributed by atoms with van der Waals surface area (Å²) >= 11 is 0. The lowest BCUT2D eigenvalue weighted by atomic mass is 10.1. The van der Waals surface area contributed by atoms with E-state index in [9.17, 15) is 9.59 Å². The van der Waals surface area contributed by atoms with Crippen LogP contribution >= 0.6 is 0 Å². The number of carbonyl (C=O) groups is 2. The van der Waals surface area contributed by atoms with Crippen LogP contribution in [0.1, 0.15) is 12.0 Å². The first kappa shape index (κ1) is 16.6. The summed E-state index contributed by atoms with van der Waals surface area (Å²) in [6.07, 6.45) is -0.856. The molecule has 8 heteroatoms. The molecule has 1 aliphatic heterocycles. The number of hydrogen-bond donors (Lipinski definition) is 3. The molecule has 122 valence electrons. The summed E-state index contributed by atoms with van der Waals surface area (Å²) < 4.78 is 9.92. The molecule has 1 aliphatic rings. The first-order chi connectivity index (χ1) is 11.0. The van der Waals surface area contributed by atoms with Crippen molar-refractivity contribution in [2.75, 3.05) is 30.9 Å². The second kappa shape index (κ2) is 6.98. The molecule has 1 aromatic rings. The fraction of sp³-hybridized carbons (Fsp3) is 0.400. The van der Waals surface area contributed by atoms with Gasteiger partial charge < -0.3 is 19.9 Å². The van der Waals surface area contributed by atoms with Crippen molar-refractivity contribution in [3.8, 4) is 6.07 Å². The third-order valence-corrected chi connectivity index (χ3v) is 3.46. The Hall–Kier alpha value is -2.79. The summed E-state index contributed by atoms with van der Waals surface area (Å²) in [5, 5.41) is 23.0. The molecule has 0 bridgehead atoms. The summed E-state index contributed by atoms with van der Waals surface area (Å²) in [5.74, 6) is -0.388. The number of hydrogen-bond acceptors (Lipinski definition) is 6. The number of rotatable bonds is 7. The molecule has 23 heavy (non-hydrogen) atoms. The third kappa shape index (κ3) is 4.59. The van der Waals surface area contributed by atoms with E-state index in [0.717, 1.165) is 0 Å². The maximum Gasteiger partial charge on any atom is 0.409 e. The Kier molecular flexibility index (Phi) is 5.03. The summed E-state index contributed by atoms with van der Waals surface area (Å²) in [7, 11) is 1.30. The summed E-state index contributed by atoms with van der Waals surface area (Å²) in [6, 6.07) is 6.95. The van der Waals surface area contributed by atoms with Crippen LogP contribution in [0.3, 0.4) is 0 Å². The first-order valence-corrected chi connectivity index (χ1v) is 6.92. The van der Waals surface area contributed by atoms with Gasteiger partial charge in [-0.05, 0) is 17.7 Å². The number of epoxide rings is 1. The van der Waals surface area contributed by atoms with Crippen molar-refractivity contribution in [1.82, 2.24) is 0 Å². The van der Waals surface area contributed by atoms with Gasteiger partial charge in [-0.15, -0.1) is 0 Å². The monoisotopic (exact) mass is 319 g/mol. The average molecular weight is 319 g/mol. The van der Waals surface area contributed by atoms with E-state index < -0.39 is 11.7 Å². The third-order valence-electron chi connectivity index (χ3n) is 3.46. The molecule has 1 saturated heterocycles. The van der Waals surface area contributed by atoms with Gasteiger partial charge in [0.2, 0.25) is 0 Å². The van der Waals surface area contributed by atoms with Crippen molar-refractivity contribution in [3.05, 3.63) is 23.8 Å². The summed E-state index contributed by atoms with van der Waals surface area (Å²) in [5.41, 5.74) is 1.04. The van der Waals surface area contributed by atoms with E-state index in [2.05, 4.69) is 21.4 Å². The van der Waals surface area contributed by atoms with Crippen molar-refractivity contribution in [3.63, 3.8) is 0 Å². The van der Waals surface area contributed by atoms with E-state index in [0.29, 0.717) is 30.1 Å². The molecular weight excluding hydrogens is 302 g/mol. The summed E-state index contributed by atoms with van der Waals surface area (Å²) in [4.78, 5) is 22.2. The normalized spacial score (nSPS) is 18.6. The Morgan fingerprint density at radius 2 is 2.22 bits per heavy atom. The molecule has 3 N–H and O–H groups in total. The second-order valence-electron chi connectivity index (χ2n) is 5.22. The zero-order valence-electron chi connectivity index (χ0n) is 12.6. The molecule has 0 aliphatic carbocycles. The number of methoxy groups -OCH3 is 1. The highest BCUT2D eigenvalue weighted by atomic mass is 16.6. The predicted octanol–water partition coefficient (Wildman–Crippen LogP) is 1.59. The topological polar surface area (TPSA) is 124 Å². The van der Waals surface area contributed by atoms with E-state index in [1.807, 2.05) is 0 Å². The number of esters is 1. The number of nitrogens with one attached hydrogen (secondary N) is 2. The highest BCUT2D eigenvalue weighted by Crippen LogP contribution is 2.32. The minimum absolute atomic E-state index is 0.0817. The Labute approximate surface area is 133 Å². The fourth-order valence-corrected chi connectivity index (χ4v) is 2.08. The van der Waals surface area contributed by atoms with Crippen LogP contribution in [0.2, 0.25) is 0 Å². The van der Waals surface area contributed by atoms with Crippen LogP contribution < -0.4 is 10.6 Å². The maximum absolute atomic E-state index is 11.4. The lowest BCUT2D eigenvalue weighted by Gasteiger charge is -2.15. The van der Waals surface area contributed by atoms with E-state index in [1.165, 1.54) is 7.11 Å². The van der Waals surface area contributed by atoms with Crippen LogP contribution in [-0.4, -0.2) is 43.0 Å². The van der Waals surface area contributed by atoms with Crippen molar-refractivity contribution in [2.24, 2.45) is 0 Å². The molecule has 1 aromatic carbocycles. The smallest absolute Gasteiger partial charge is 0.409 e. The molecule has 8 nitrogen and oxygen atoms in total. The number of ether oxygens (including phenoxy) is 2. The van der Waals surface area contributed by atoms with Gasteiger partial charge >= 0.3 is 12.1 Å². The average Bonchev–Trinajstić information content (AvgIpc) is 3.27. The molecule has 0 aromatic heterocycles. The number of amides is 1. The van der Waals surface area contributed by atoms with Crippen molar-refractivity contribution < 1.29 is 24.2 Å². The van der Waals surface area contributed by atoms with Gasteiger partial charge in [-0.2, -0.15) is 5.26 Å². The molecule has 1 heterocycles. The van der Waals surface area contributed by atoms with Gasteiger partial charge in [-0.3, -0.25) is 10.1 Å². The zero-order valence-corrected chi connectivity index (χ0v) is 12.6. The van der Waals surface area contributed by atoms with Crippen LogP contribution in [0.4, 0.5) is 16.2 Å². The van der Waals surface area contributed by atoms with Crippen molar-refractivity contribution in [1.29, 1.82) is 5.26 Å². The van der Waals surface area contributed by atoms with Gasteiger partial charge in [0, 0.05) is 6.54 Å². The van der Waals surface area contributed by atoms with Gasteiger partial charge in [0.1, 0.15) is 5.60 Å². The molecule has 0 spiro atoms. The fourth-order valence-electron chi connectivity index (χ4n) is 2.08. The highest BCUT2D eigenvalue weighted by molar-refractivity contribution is 5.88. The van der Waals surface area contributed by atoms with Crippen LogP contribution in [0.15, 0.2) is 18.2 Å². The lowest BCUT2D eigenvalue weighted by molar-refractivity contribution is -0.139. The van der Waals surface area contributed by atoms with E-state index >= 15 is 0 Å². The number of benzene rings is 1. The minimum atomic E-state index is -1.19. The molecule has 1 unspecified atom stereocenters.